The van der Waals surface area contributed by atoms with E-state index in [1.54, 1.807) is 4.90 Å². The van der Waals surface area contributed by atoms with Crippen molar-refractivity contribution < 1.29 is 14.1 Å². The zero-order valence-electron chi connectivity index (χ0n) is 11.4. The largest absolute Gasteiger partial charge is 0.342 e. The topological polar surface area (TPSA) is 75.4 Å². The van der Waals surface area contributed by atoms with E-state index < -0.39 is 0 Å². The molecule has 0 radical (unpaired) electrons. The van der Waals surface area contributed by atoms with Gasteiger partial charge in [0, 0.05) is 31.5 Å². The van der Waals surface area contributed by atoms with Crippen molar-refractivity contribution in [2.75, 3.05) is 18.4 Å². The minimum Gasteiger partial charge on any atom is -0.342 e. The number of rotatable bonds is 5. The Morgan fingerprint density at radius 3 is 2.95 bits per heavy atom. The number of anilines is 1. The van der Waals surface area contributed by atoms with Crippen molar-refractivity contribution in [1.29, 1.82) is 0 Å². The quantitative estimate of drug-likeness (QED) is 0.875. The molecule has 0 bridgehead atoms. The van der Waals surface area contributed by atoms with Gasteiger partial charge in [-0.1, -0.05) is 12.1 Å². The Bertz CT molecular complexity index is 481. The van der Waals surface area contributed by atoms with E-state index in [2.05, 4.69) is 10.5 Å². The highest BCUT2D eigenvalue weighted by atomic mass is 16.5. The van der Waals surface area contributed by atoms with E-state index in [-0.39, 0.29) is 18.2 Å². The third-order valence-electron chi connectivity index (χ3n) is 3.37. The number of aromatic nitrogens is 1. The summed E-state index contributed by atoms with van der Waals surface area (Å²) in [5.41, 5.74) is 1.72. The standard InChI is InChI=1S/C13H19N3O3/c1-3-10-9(2)15-19-13(10)14-11(17)6-8-16-7-4-5-12(16)18/h3-8H2,1-2H3,(H,14,17). The molecule has 1 aliphatic heterocycles. The second-order valence-electron chi connectivity index (χ2n) is 4.71. The zero-order valence-corrected chi connectivity index (χ0v) is 11.4. The molecular formula is C13H19N3O3. The third-order valence-corrected chi connectivity index (χ3v) is 3.37. The summed E-state index contributed by atoms with van der Waals surface area (Å²) in [4.78, 5) is 25.0. The summed E-state index contributed by atoms with van der Waals surface area (Å²) in [6.07, 6.45) is 2.54. The van der Waals surface area contributed by atoms with Crippen LogP contribution < -0.4 is 5.32 Å². The molecule has 1 N–H and O–H groups in total. The maximum atomic E-state index is 11.8. The summed E-state index contributed by atoms with van der Waals surface area (Å²) in [5, 5.41) is 6.55. The van der Waals surface area contributed by atoms with E-state index in [1.165, 1.54) is 0 Å². The van der Waals surface area contributed by atoms with Gasteiger partial charge in [0.15, 0.2) is 0 Å². The summed E-state index contributed by atoms with van der Waals surface area (Å²) in [5.74, 6) is 0.417. The molecule has 1 aliphatic rings. The fourth-order valence-electron chi connectivity index (χ4n) is 2.27. The third kappa shape index (κ3) is 3.13. The van der Waals surface area contributed by atoms with Gasteiger partial charge < -0.3 is 9.42 Å². The Balaban J connectivity index is 1.85. The number of aryl methyl sites for hydroxylation is 1. The molecule has 1 saturated heterocycles. The molecule has 0 unspecified atom stereocenters. The molecule has 2 heterocycles. The first-order valence-corrected chi connectivity index (χ1v) is 6.64. The molecule has 0 saturated carbocycles. The van der Waals surface area contributed by atoms with Gasteiger partial charge in [-0.3, -0.25) is 14.9 Å². The highest BCUT2D eigenvalue weighted by molar-refractivity contribution is 5.90. The Hall–Kier alpha value is -1.85. The number of amides is 2. The average molecular weight is 265 g/mol. The van der Waals surface area contributed by atoms with E-state index in [4.69, 9.17) is 4.52 Å². The predicted octanol–water partition coefficient (Wildman–Crippen LogP) is 1.50. The number of carbonyl (C=O) groups is 2. The fourth-order valence-corrected chi connectivity index (χ4v) is 2.27. The van der Waals surface area contributed by atoms with Crippen molar-refractivity contribution in [3.8, 4) is 0 Å². The summed E-state index contributed by atoms with van der Waals surface area (Å²) in [7, 11) is 0. The van der Waals surface area contributed by atoms with E-state index >= 15 is 0 Å². The van der Waals surface area contributed by atoms with E-state index in [9.17, 15) is 9.59 Å². The van der Waals surface area contributed by atoms with Gasteiger partial charge in [0.05, 0.1) is 5.69 Å². The van der Waals surface area contributed by atoms with Gasteiger partial charge in [0.1, 0.15) is 0 Å². The predicted molar refractivity (Wildman–Crippen MR) is 69.7 cm³/mol. The van der Waals surface area contributed by atoms with Crippen molar-refractivity contribution in [1.82, 2.24) is 10.1 Å². The molecule has 2 rings (SSSR count). The molecule has 6 nitrogen and oxygen atoms in total. The summed E-state index contributed by atoms with van der Waals surface area (Å²) < 4.78 is 5.09. The molecular weight excluding hydrogens is 246 g/mol. The summed E-state index contributed by atoms with van der Waals surface area (Å²) in [6, 6.07) is 0. The van der Waals surface area contributed by atoms with Crippen LogP contribution >= 0.6 is 0 Å². The van der Waals surface area contributed by atoms with Crippen molar-refractivity contribution in [3.05, 3.63) is 11.3 Å². The maximum absolute atomic E-state index is 11.8. The Kier molecular flexibility index (Phi) is 4.19. The summed E-state index contributed by atoms with van der Waals surface area (Å²) in [6.45, 7) is 5.06. The molecule has 6 heteroatoms. The molecule has 0 aromatic carbocycles. The average Bonchev–Trinajstić information content (AvgIpc) is 2.93. The van der Waals surface area contributed by atoms with Crippen LogP contribution in [0.2, 0.25) is 0 Å². The highest BCUT2D eigenvalue weighted by Crippen LogP contribution is 2.19. The van der Waals surface area contributed by atoms with E-state index in [0.29, 0.717) is 18.8 Å². The van der Waals surface area contributed by atoms with E-state index in [1.807, 2.05) is 13.8 Å². The van der Waals surface area contributed by atoms with Crippen LogP contribution in [0.4, 0.5) is 5.88 Å². The number of nitrogens with zero attached hydrogens (tertiary/aromatic N) is 2. The van der Waals surface area contributed by atoms with Gasteiger partial charge in [0.25, 0.3) is 0 Å². The molecule has 0 spiro atoms. The first-order valence-electron chi connectivity index (χ1n) is 6.64. The normalized spacial score (nSPS) is 15.1. The Morgan fingerprint density at radius 1 is 1.53 bits per heavy atom. The van der Waals surface area contributed by atoms with Crippen LogP contribution in [0.3, 0.4) is 0 Å². The lowest BCUT2D eigenvalue weighted by Crippen LogP contribution is -2.28. The monoisotopic (exact) mass is 265 g/mol. The fraction of sp³-hybridized carbons (Fsp3) is 0.615. The van der Waals surface area contributed by atoms with Crippen molar-refractivity contribution >= 4 is 17.7 Å². The number of likely N-dealkylation sites (tertiary alicyclic amines) is 1. The van der Waals surface area contributed by atoms with Crippen LogP contribution in [0.15, 0.2) is 4.52 Å². The number of nitrogens with one attached hydrogen (secondary N) is 1. The number of carbonyl (C=O) groups excluding carboxylic acids is 2. The van der Waals surface area contributed by atoms with Gasteiger partial charge in [0.2, 0.25) is 17.7 Å². The first-order chi connectivity index (χ1) is 9.11. The second kappa shape index (κ2) is 5.86. The lowest BCUT2D eigenvalue weighted by Gasteiger charge is -2.14. The van der Waals surface area contributed by atoms with Crippen LogP contribution in [0, 0.1) is 6.92 Å². The molecule has 1 fully saturated rings. The van der Waals surface area contributed by atoms with Gasteiger partial charge in [-0.25, -0.2) is 0 Å². The molecule has 1 aromatic rings. The smallest absolute Gasteiger partial charge is 0.234 e. The molecule has 2 amide bonds. The SMILES string of the molecule is CCc1c(C)noc1NC(=O)CCN1CCCC1=O. The van der Waals surface area contributed by atoms with Gasteiger partial charge in [-0.2, -0.15) is 0 Å². The van der Waals surface area contributed by atoms with Crippen molar-refractivity contribution in [3.63, 3.8) is 0 Å². The minimum atomic E-state index is -0.148. The lowest BCUT2D eigenvalue weighted by molar-refractivity contribution is -0.128. The Labute approximate surface area is 112 Å². The Morgan fingerprint density at radius 2 is 2.32 bits per heavy atom. The van der Waals surface area contributed by atoms with Gasteiger partial charge in [-0.15, -0.1) is 0 Å². The van der Waals surface area contributed by atoms with Crippen LogP contribution in [0.5, 0.6) is 0 Å². The van der Waals surface area contributed by atoms with Crippen LogP contribution in [-0.4, -0.2) is 35.0 Å². The van der Waals surface area contributed by atoms with Crippen LogP contribution in [0.1, 0.15) is 37.4 Å². The zero-order chi connectivity index (χ0) is 13.8. The minimum absolute atomic E-state index is 0.137. The second-order valence-corrected chi connectivity index (χ2v) is 4.71. The van der Waals surface area contributed by atoms with Crippen LogP contribution in [0.25, 0.3) is 0 Å². The molecule has 19 heavy (non-hydrogen) atoms. The molecule has 0 aliphatic carbocycles. The number of hydrogen-bond donors (Lipinski definition) is 1. The van der Waals surface area contributed by atoms with E-state index in [0.717, 1.165) is 30.6 Å². The first kappa shape index (κ1) is 13.6. The van der Waals surface area contributed by atoms with Crippen molar-refractivity contribution in [2.45, 2.75) is 39.5 Å². The highest BCUT2D eigenvalue weighted by Gasteiger charge is 2.21. The van der Waals surface area contributed by atoms with Crippen molar-refractivity contribution in [2.24, 2.45) is 0 Å². The molecule has 1 aromatic heterocycles. The lowest BCUT2D eigenvalue weighted by atomic mass is 10.2. The molecule has 0 atom stereocenters. The van der Waals surface area contributed by atoms with Gasteiger partial charge >= 0.3 is 0 Å². The number of hydrogen-bond acceptors (Lipinski definition) is 4. The summed E-state index contributed by atoms with van der Waals surface area (Å²) >= 11 is 0. The maximum Gasteiger partial charge on any atom is 0.234 e. The molecule has 104 valence electrons. The van der Waals surface area contributed by atoms with Gasteiger partial charge in [-0.05, 0) is 19.8 Å². The van der Waals surface area contributed by atoms with Crippen LogP contribution in [-0.2, 0) is 16.0 Å².